The minimum Gasteiger partial charge on any atom is -0.565 e. The number of carboxylic acid groups (broad SMARTS) is 2. The van der Waals surface area contributed by atoms with E-state index < -0.39 is 6.16 Å². The third-order valence-corrected chi connectivity index (χ3v) is 4.93. The molecule has 0 aromatic carbocycles. The summed E-state index contributed by atoms with van der Waals surface area (Å²) in [6.45, 7) is 3.21. The maximum Gasteiger partial charge on any atom is 1.00 e. The van der Waals surface area contributed by atoms with E-state index in [-0.39, 0.29) is 29.6 Å². The Hall–Kier alpha value is 1.15. The second kappa shape index (κ2) is 27.4. The number of carbonyl (C=O) groups is 1. The molecule has 1 aliphatic rings. The molecule has 0 radical (unpaired) electrons. The number of halogens is 2. The molecule has 0 aromatic rings. The minimum atomic E-state index is -2.08. The first-order chi connectivity index (χ1) is 11.6. The summed E-state index contributed by atoms with van der Waals surface area (Å²) in [5.74, 6) is 0.802. The monoisotopic (exact) mass is 496 g/mol. The first kappa shape index (κ1) is 30.9. The van der Waals surface area contributed by atoms with E-state index in [2.05, 4.69) is 37.2 Å². The van der Waals surface area contributed by atoms with Gasteiger partial charge >= 0.3 is 29.6 Å². The van der Waals surface area contributed by atoms with Crippen LogP contribution in [0.3, 0.4) is 0 Å². The summed E-state index contributed by atoms with van der Waals surface area (Å²) in [5.41, 5.74) is 5.48. The van der Waals surface area contributed by atoms with E-state index in [4.69, 9.17) is 20.7 Å². The molecule has 1 saturated heterocycles. The van der Waals surface area contributed by atoms with E-state index in [9.17, 15) is 0 Å². The van der Waals surface area contributed by atoms with Crippen molar-refractivity contribution in [1.29, 1.82) is 0 Å². The maximum atomic E-state index is 8.44. The van der Waals surface area contributed by atoms with Gasteiger partial charge in [-0.05, 0) is 51.2 Å². The van der Waals surface area contributed by atoms with E-state index >= 15 is 0 Å². The molecule has 8 heteroatoms. The minimum absolute atomic E-state index is 0. The molecule has 0 atom stereocenters. The van der Waals surface area contributed by atoms with Crippen LogP contribution in [0.2, 0.25) is 0 Å². The van der Waals surface area contributed by atoms with Crippen molar-refractivity contribution in [3.8, 4) is 0 Å². The van der Waals surface area contributed by atoms with E-state index in [1.807, 2.05) is 0 Å². The molecule has 5 nitrogen and oxygen atoms in total. The zero-order valence-electron chi connectivity index (χ0n) is 15.8. The van der Waals surface area contributed by atoms with Crippen LogP contribution in [0.4, 0.5) is 4.79 Å². The van der Waals surface area contributed by atoms with E-state index in [1.165, 1.54) is 88.0 Å². The fraction of sp³-hybridized carbons (Fsp3) is 0.941. The normalized spacial score (nSPS) is 13.6. The van der Waals surface area contributed by atoms with Crippen molar-refractivity contribution in [1.82, 2.24) is 5.32 Å². The van der Waals surface area contributed by atoms with Gasteiger partial charge in [-0.15, -0.1) is 0 Å². The molecule has 0 spiro atoms. The number of unbranched alkanes of at least 4 members (excludes halogenated alkanes) is 7. The van der Waals surface area contributed by atoms with Gasteiger partial charge in [0.1, 0.15) is 0 Å². The number of alkyl halides is 2. The van der Waals surface area contributed by atoms with Crippen LogP contribution >= 0.6 is 31.9 Å². The number of hydrogen-bond donors (Lipinski definition) is 3. The Morgan fingerprint density at radius 3 is 1.52 bits per heavy atom. The molecule has 1 aliphatic heterocycles. The molecule has 4 N–H and O–H groups in total. The van der Waals surface area contributed by atoms with E-state index in [0.717, 1.165) is 12.5 Å². The molecule has 0 unspecified atom stereocenters. The van der Waals surface area contributed by atoms with Crippen molar-refractivity contribution in [3.05, 3.63) is 0 Å². The molecule has 1 rings (SSSR count). The molecule has 0 amide bonds. The van der Waals surface area contributed by atoms with Gasteiger partial charge in [-0.2, -0.15) is 0 Å². The summed E-state index contributed by atoms with van der Waals surface area (Å²) in [6, 6.07) is 0. The van der Waals surface area contributed by atoms with Crippen molar-refractivity contribution in [2.75, 3.05) is 30.3 Å². The van der Waals surface area contributed by atoms with Gasteiger partial charge in [0, 0.05) is 10.7 Å². The summed E-state index contributed by atoms with van der Waals surface area (Å²) in [5, 5.41) is 21.0. The third kappa shape index (κ3) is 33.2. The van der Waals surface area contributed by atoms with E-state index in [1.54, 1.807) is 0 Å². The van der Waals surface area contributed by atoms with Gasteiger partial charge in [-0.3, -0.25) is 0 Å². The number of hydrogen-bond acceptors (Lipinski definition) is 4. The summed E-state index contributed by atoms with van der Waals surface area (Å²) in [6.07, 6.45) is 11.7. The predicted molar refractivity (Wildman–Crippen MR) is 107 cm³/mol. The molecule has 25 heavy (non-hydrogen) atoms. The zero-order valence-corrected chi connectivity index (χ0v) is 21.0. The number of nitrogens with one attached hydrogen (secondary N) is 1. The first-order valence-electron chi connectivity index (χ1n) is 9.01. The Bertz CT molecular complexity index is 246. The van der Waals surface area contributed by atoms with Crippen LogP contribution in [0.5, 0.6) is 0 Å². The Labute approximate surface area is 192 Å². The van der Waals surface area contributed by atoms with Crippen LogP contribution in [-0.2, 0) is 0 Å². The zero-order chi connectivity index (χ0) is 18.5. The van der Waals surface area contributed by atoms with Crippen molar-refractivity contribution in [3.63, 3.8) is 0 Å². The maximum absolute atomic E-state index is 8.44. The molecule has 0 aromatic heterocycles. The average molecular weight is 498 g/mol. The van der Waals surface area contributed by atoms with Gasteiger partial charge in [-0.1, -0.05) is 70.4 Å². The average Bonchev–Trinajstić information content (AvgIpc) is 2.58. The molecular formula is C17H35Br2N2NaO3. The molecule has 0 saturated carbocycles. The van der Waals surface area contributed by atoms with Crippen LogP contribution in [0.15, 0.2) is 0 Å². The quantitative estimate of drug-likeness (QED) is 0.235. The van der Waals surface area contributed by atoms with Gasteiger partial charge in [0.25, 0.3) is 0 Å². The third-order valence-electron chi connectivity index (χ3n) is 3.81. The molecule has 1 fully saturated rings. The molecule has 0 aliphatic carbocycles. The standard InChI is InChI=1S/C10H20Br2.C6H14N2.CH2O3.Na/c11-9-7-5-3-1-2-4-6-8-10-12;7-5-6-1-3-8-4-2-6;2-1(3)4;/h1-10H2;6,8H,1-5,7H2;(H2,2,3,4);/q;;;+1/p-1. The number of rotatable bonds is 10. The molecular weight excluding hydrogens is 463 g/mol. The smallest absolute Gasteiger partial charge is 0.565 e. The first-order valence-corrected chi connectivity index (χ1v) is 11.2. The molecule has 0 bridgehead atoms. The Morgan fingerprint density at radius 2 is 1.28 bits per heavy atom. The summed E-state index contributed by atoms with van der Waals surface area (Å²) in [7, 11) is 0. The number of piperidine rings is 1. The second-order valence-electron chi connectivity index (χ2n) is 5.90. The molecule has 1 heterocycles. The van der Waals surface area contributed by atoms with Crippen LogP contribution < -0.4 is 45.7 Å². The Morgan fingerprint density at radius 1 is 0.960 bits per heavy atom. The molecule has 146 valence electrons. The van der Waals surface area contributed by atoms with Crippen molar-refractivity contribution >= 4 is 38.0 Å². The fourth-order valence-corrected chi connectivity index (χ4v) is 3.16. The van der Waals surface area contributed by atoms with Crippen molar-refractivity contribution in [2.45, 2.75) is 64.2 Å². The Balaban J connectivity index is -0.000000321. The van der Waals surface area contributed by atoms with Crippen LogP contribution in [0, 0.1) is 5.92 Å². The van der Waals surface area contributed by atoms with Crippen LogP contribution in [-0.4, -0.2) is 41.6 Å². The number of nitrogens with two attached hydrogens (primary N) is 1. The summed E-state index contributed by atoms with van der Waals surface area (Å²) >= 11 is 6.90. The summed E-state index contributed by atoms with van der Waals surface area (Å²) < 4.78 is 0. The second-order valence-corrected chi connectivity index (χ2v) is 7.49. The fourth-order valence-electron chi connectivity index (χ4n) is 2.37. The van der Waals surface area contributed by atoms with Gasteiger partial charge in [-0.25, -0.2) is 0 Å². The van der Waals surface area contributed by atoms with Gasteiger partial charge in [0.2, 0.25) is 6.16 Å². The predicted octanol–water partition coefficient (Wildman–Crippen LogP) is 0.733. The van der Waals surface area contributed by atoms with Crippen LogP contribution in [0.25, 0.3) is 0 Å². The van der Waals surface area contributed by atoms with Crippen molar-refractivity contribution < 1.29 is 44.6 Å². The largest absolute Gasteiger partial charge is 1.00 e. The van der Waals surface area contributed by atoms with Gasteiger partial charge in [0.05, 0.1) is 0 Å². The van der Waals surface area contributed by atoms with E-state index in [0.29, 0.717) is 0 Å². The summed E-state index contributed by atoms with van der Waals surface area (Å²) in [4.78, 5) is 8.44. The Kier molecular flexibility index (Phi) is 33.8. The van der Waals surface area contributed by atoms with Gasteiger partial charge < -0.3 is 26.1 Å². The topological polar surface area (TPSA) is 98.4 Å². The SMILES string of the molecule is BrCCCCCCCCCCBr.NCC1CCNCC1.O=C([O-])O.[Na+]. The van der Waals surface area contributed by atoms with Gasteiger partial charge in [0.15, 0.2) is 0 Å². The van der Waals surface area contributed by atoms with Crippen molar-refractivity contribution in [2.24, 2.45) is 11.7 Å². The van der Waals surface area contributed by atoms with Crippen LogP contribution in [0.1, 0.15) is 64.2 Å².